The third-order valence-corrected chi connectivity index (χ3v) is 4.59. The molecule has 0 spiro atoms. The summed E-state index contributed by atoms with van der Waals surface area (Å²) in [6.07, 6.45) is 0.0148. The highest BCUT2D eigenvalue weighted by Crippen LogP contribution is 2.37. The molecule has 0 aliphatic carbocycles. The highest BCUT2D eigenvalue weighted by atomic mass is 16.5. The van der Waals surface area contributed by atoms with E-state index < -0.39 is 0 Å². The lowest BCUT2D eigenvalue weighted by molar-refractivity contribution is 0.00874. The molecule has 5 nitrogen and oxygen atoms in total. The first kappa shape index (κ1) is 15.2. The maximum atomic E-state index is 12.8. The predicted molar refractivity (Wildman–Crippen MR) is 93.1 cm³/mol. The monoisotopic (exact) mass is 323 g/mol. The predicted octanol–water partition coefficient (Wildman–Crippen LogP) is 2.61. The number of hydrogen-bond donors (Lipinski definition) is 2. The molecule has 2 N–H and O–H groups in total. The SMILES string of the molecule is O=C1Nc2ccccc2C(c2ccccc2)N1CC1CNCCO1. The van der Waals surface area contributed by atoms with Crippen molar-refractivity contribution >= 4 is 11.7 Å². The molecule has 0 radical (unpaired) electrons. The maximum Gasteiger partial charge on any atom is 0.322 e. The minimum atomic E-state index is -0.0957. The Bertz CT molecular complexity index is 714. The Morgan fingerprint density at radius 1 is 1.08 bits per heavy atom. The standard InChI is InChI=1S/C19H21N3O2/c23-19-21-17-9-5-4-8-16(17)18(14-6-2-1-3-7-14)22(19)13-15-12-20-10-11-24-15/h1-9,15,18,20H,10-13H2,(H,21,23). The van der Waals surface area contributed by atoms with Gasteiger partial charge in [-0.1, -0.05) is 48.5 Å². The number of nitrogens with zero attached hydrogens (tertiary/aromatic N) is 1. The van der Waals surface area contributed by atoms with Crippen LogP contribution in [0.4, 0.5) is 10.5 Å². The number of nitrogens with one attached hydrogen (secondary N) is 2. The van der Waals surface area contributed by atoms with Crippen LogP contribution in [0.25, 0.3) is 0 Å². The molecule has 0 aromatic heterocycles. The molecule has 2 amide bonds. The smallest absolute Gasteiger partial charge is 0.322 e. The van der Waals surface area contributed by atoms with E-state index in [1.165, 1.54) is 0 Å². The van der Waals surface area contributed by atoms with E-state index in [2.05, 4.69) is 28.8 Å². The van der Waals surface area contributed by atoms with E-state index in [1.54, 1.807) is 0 Å². The van der Waals surface area contributed by atoms with Crippen LogP contribution in [0, 0.1) is 0 Å². The van der Waals surface area contributed by atoms with Gasteiger partial charge in [-0.05, 0) is 11.6 Å². The van der Waals surface area contributed by atoms with Crippen molar-refractivity contribution in [2.24, 2.45) is 0 Å². The summed E-state index contributed by atoms with van der Waals surface area (Å²) >= 11 is 0. The quantitative estimate of drug-likeness (QED) is 0.913. The minimum absolute atomic E-state index is 0.0148. The van der Waals surface area contributed by atoms with Gasteiger partial charge in [0.1, 0.15) is 0 Å². The van der Waals surface area contributed by atoms with E-state index in [0.29, 0.717) is 13.2 Å². The van der Waals surface area contributed by atoms with E-state index in [0.717, 1.165) is 29.9 Å². The third-order valence-electron chi connectivity index (χ3n) is 4.59. The summed E-state index contributed by atoms with van der Waals surface area (Å²) in [7, 11) is 0. The van der Waals surface area contributed by atoms with Crippen molar-refractivity contribution in [3.8, 4) is 0 Å². The summed E-state index contributed by atoms with van der Waals surface area (Å²) in [5, 5.41) is 6.34. The molecule has 2 heterocycles. The zero-order valence-corrected chi connectivity index (χ0v) is 13.4. The van der Waals surface area contributed by atoms with Crippen LogP contribution >= 0.6 is 0 Å². The topological polar surface area (TPSA) is 53.6 Å². The minimum Gasteiger partial charge on any atom is -0.374 e. The molecule has 0 saturated carbocycles. The van der Waals surface area contributed by atoms with Crippen molar-refractivity contribution in [3.63, 3.8) is 0 Å². The summed E-state index contributed by atoms with van der Waals surface area (Å²) in [6.45, 7) is 2.89. The van der Waals surface area contributed by atoms with E-state index in [-0.39, 0.29) is 18.2 Å². The van der Waals surface area contributed by atoms with Crippen molar-refractivity contribution in [1.29, 1.82) is 0 Å². The number of benzene rings is 2. The van der Waals surface area contributed by atoms with Gasteiger partial charge < -0.3 is 20.3 Å². The summed E-state index contributed by atoms with van der Waals surface area (Å²) in [4.78, 5) is 14.6. The van der Waals surface area contributed by atoms with Gasteiger partial charge in [-0.3, -0.25) is 0 Å². The van der Waals surface area contributed by atoms with Gasteiger partial charge in [0.05, 0.1) is 25.3 Å². The molecule has 5 heteroatoms. The Morgan fingerprint density at radius 2 is 1.88 bits per heavy atom. The first-order chi connectivity index (χ1) is 11.8. The number of fused-ring (bicyclic) bond motifs is 1. The highest BCUT2D eigenvalue weighted by Gasteiger charge is 2.35. The number of rotatable bonds is 3. The number of amides is 2. The molecule has 2 aliphatic heterocycles. The lowest BCUT2D eigenvalue weighted by Crippen LogP contribution is -2.50. The largest absolute Gasteiger partial charge is 0.374 e. The van der Waals surface area contributed by atoms with Crippen LogP contribution in [-0.4, -0.2) is 43.3 Å². The molecule has 2 unspecified atom stereocenters. The third kappa shape index (κ3) is 2.88. The Labute approximate surface area is 141 Å². The fourth-order valence-electron chi connectivity index (χ4n) is 3.46. The Kier molecular flexibility index (Phi) is 4.19. The highest BCUT2D eigenvalue weighted by molar-refractivity contribution is 5.93. The van der Waals surface area contributed by atoms with Gasteiger partial charge in [0.25, 0.3) is 0 Å². The van der Waals surface area contributed by atoms with E-state index >= 15 is 0 Å². The first-order valence-corrected chi connectivity index (χ1v) is 8.37. The molecule has 2 aromatic rings. The van der Waals surface area contributed by atoms with Crippen molar-refractivity contribution in [1.82, 2.24) is 10.2 Å². The van der Waals surface area contributed by atoms with Gasteiger partial charge >= 0.3 is 6.03 Å². The first-order valence-electron chi connectivity index (χ1n) is 8.37. The molecule has 24 heavy (non-hydrogen) atoms. The van der Waals surface area contributed by atoms with Gasteiger partial charge in [-0.25, -0.2) is 4.79 Å². The average molecular weight is 323 g/mol. The zero-order chi connectivity index (χ0) is 16.4. The molecule has 1 fully saturated rings. The van der Waals surface area contributed by atoms with Gasteiger partial charge in [-0.2, -0.15) is 0 Å². The van der Waals surface area contributed by atoms with Crippen molar-refractivity contribution in [2.75, 3.05) is 31.6 Å². The molecule has 2 aromatic carbocycles. The molecular weight excluding hydrogens is 302 g/mol. The number of anilines is 1. The molecule has 4 rings (SSSR count). The van der Waals surface area contributed by atoms with Gasteiger partial charge in [0.2, 0.25) is 0 Å². The number of urea groups is 1. The second-order valence-electron chi connectivity index (χ2n) is 6.18. The lowest BCUT2D eigenvalue weighted by Gasteiger charge is -2.40. The number of hydrogen-bond acceptors (Lipinski definition) is 3. The van der Waals surface area contributed by atoms with Crippen LogP contribution in [0.1, 0.15) is 17.2 Å². The van der Waals surface area contributed by atoms with Crippen LogP contribution in [0.15, 0.2) is 54.6 Å². The van der Waals surface area contributed by atoms with Crippen LogP contribution in [0.2, 0.25) is 0 Å². The maximum absolute atomic E-state index is 12.8. The van der Waals surface area contributed by atoms with Crippen LogP contribution in [0.5, 0.6) is 0 Å². The number of carbonyl (C=O) groups is 1. The van der Waals surface area contributed by atoms with E-state index in [1.807, 2.05) is 41.3 Å². The normalized spacial score (nSPS) is 23.5. The Morgan fingerprint density at radius 3 is 2.67 bits per heavy atom. The molecule has 2 aliphatic rings. The fraction of sp³-hybridized carbons (Fsp3) is 0.316. The summed E-state index contributed by atoms with van der Waals surface area (Å²) < 4.78 is 5.82. The number of para-hydroxylation sites is 1. The number of ether oxygens (including phenoxy) is 1. The fourth-order valence-corrected chi connectivity index (χ4v) is 3.46. The number of morpholine rings is 1. The van der Waals surface area contributed by atoms with Crippen molar-refractivity contribution < 1.29 is 9.53 Å². The van der Waals surface area contributed by atoms with Crippen molar-refractivity contribution in [3.05, 3.63) is 65.7 Å². The second kappa shape index (κ2) is 6.63. The zero-order valence-electron chi connectivity index (χ0n) is 13.4. The molecule has 124 valence electrons. The van der Waals surface area contributed by atoms with Gasteiger partial charge in [0, 0.05) is 24.3 Å². The van der Waals surface area contributed by atoms with Gasteiger partial charge in [0.15, 0.2) is 0 Å². The van der Waals surface area contributed by atoms with Crippen molar-refractivity contribution in [2.45, 2.75) is 12.1 Å². The molecular formula is C19H21N3O2. The van der Waals surface area contributed by atoms with E-state index in [9.17, 15) is 4.79 Å². The van der Waals surface area contributed by atoms with E-state index in [4.69, 9.17) is 4.74 Å². The summed E-state index contributed by atoms with van der Waals surface area (Å²) in [6, 6.07) is 18.0. The average Bonchev–Trinajstić information content (AvgIpc) is 2.64. The van der Waals surface area contributed by atoms with Crippen LogP contribution < -0.4 is 10.6 Å². The number of carbonyl (C=O) groups excluding carboxylic acids is 1. The van der Waals surface area contributed by atoms with Crippen LogP contribution in [0.3, 0.4) is 0 Å². The Balaban J connectivity index is 1.71. The summed E-state index contributed by atoms with van der Waals surface area (Å²) in [5.41, 5.74) is 3.12. The molecule has 0 bridgehead atoms. The lowest BCUT2D eigenvalue weighted by atomic mass is 9.93. The molecule has 1 saturated heterocycles. The summed E-state index contributed by atoms with van der Waals surface area (Å²) in [5.74, 6) is 0. The van der Waals surface area contributed by atoms with Crippen LogP contribution in [-0.2, 0) is 4.74 Å². The van der Waals surface area contributed by atoms with Gasteiger partial charge in [-0.15, -0.1) is 0 Å². The second-order valence-corrected chi connectivity index (χ2v) is 6.18. The Hall–Kier alpha value is -2.37. The molecule has 2 atom stereocenters.